The highest BCUT2D eigenvalue weighted by Gasteiger charge is 2.45. The largest absolute Gasteiger partial charge is 0.482 e. The maximum absolute atomic E-state index is 13.0. The van der Waals surface area contributed by atoms with Gasteiger partial charge in [0.05, 0.1) is 38.7 Å². The van der Waals surface area contributed by atoms with E-state index >= 15 is 0 Å². The number of benzene rings is 2. The Morgan fingerprint density at radius 3 is 2.50 bits per heavy atom. The summed E-state index contributed by atoms with van der Waals surface area (Å²) in [6, 6.07) is 13.3. The molecule has 1 saturated heterocycles. The fraction of sp³-hybridized carbons (Fsp3) is 0.600. The molecule has 0 bridgehead atoms. The number of piperidine rings is 1. The van der Waals surface area contributed by atoms with Gasteiger partial charge in [0.15, 0.2) is 6.61 Å². The predicted molar refractivity (Wildman–Crippen MR) is 173 cm³/mol. The first-order chi connectivity index (χ1) is 21.9. The number of methoxy groups -OCH3 is 2. The van der Waals surface area contributed by atoms with Gasteiger partial charge in [0, 0.05) is 46.3 Å². The van der Waals surface area contributed by atoms with Crippen LogP contribution in [0.1, 0.15) is 57.2 Å². The minimum absolute atomic E-state index is 0.0106. The van der Waals surface area contributed by atoms with Gasteiger partial charge in [-0.15, -0.1) is 0 Å². The lowest BCUT2D eigenvalue weighted by atomic mass is 9.81. The Hall–Kier alpha value is -3.22. The number of carbonyl (C=O) groups excluding carboxylic acids is 2. The number of likely N-dealkylation sites (tertiary alicyclic amines) is 1. The number of aliphatic hydroxyl groups is 1. The standard InChI is InChI=1S/C35H50N2O9/c1-25(20-42-6)21-43-22-26-8-11-28(12-9-26)35(40)14-16-36(33(39)46-34(2,3)4)19-31(35)45-23-27-10-13-30-29(18-27)37(15-7-17-41-5)32(38)24-44-30/h8-13,18,25,31,40H,7,14-17,19-24H2,1-6H3/t25-,31-,35-/m0/s1. The average molecular weight is 643 g/mol. The Balaban J connectivity index is 1.51. The molecule has 2 aliphatic rings. The van der Waals surface area contributed by atoms with E-state index in [0.29, 0.717) is 68.9 Å². The Morgan fingerprint density at radius 1 is 1.07 bits per heavy atom. The van der Waals surface area contributed by atoms with E-state index in [-0.39, 0.29) is 32.1 Å². The second-order valence-electron chi connectivity index (χ2n) is 13.2. The summed E-state index contributed by atoms with van der Waals surface area (Å²) in [5.74, 6) is 0.804. The maximum atomic E-state index is 13.0. The smallest absolute Gasteiger partial charge is 0.410 e. The minimum atomic E-state index is -1.36. The van der Waals surface area contributed by atoms with Crippen molar-refractivity contribution in [2.24, 2.45) is 5.92 Å². The summed E-state index contributed by atoms with van der Waals surface area (Å²) in [6.45, 7) is 10.9. The van der Waals surface area contributed by atoms with Crippen molar-refractivity contribution in [3.8, 4) is 5.75 Å². The summed E-state index contributed by atoms with van der Waals surface area (Å²) in [7, 11) is 3.31. The van der Waals surface area contributed by atoms with Gasteiger partial charge in [0.1, 0.15) is 23.1 Å². The molecule has 0 aliphatic carbocycles. The van der Waals surface area contributed by atoms with Crippen molar-refractivity contribution >= 4 is 17.7 Å². The van der Waals surface area contributed by atoms with E-state index in [2.05, 4.69) is 6.92 Å². The Kier molecular flexibility index (Phi) is 12.4. The molecule has 0 saturated carbocycles. The van der Waals surface area contributed by atoms with Crippen LogP contribution >= 0.6 is 0 Å². The van der Waals surface area contributed by atoms with Gasteiger partial charge in [-0.2, -0.15) is 0 Å². The van der Waals surface area contributed by atoms with Crippen LogP contribution in [0.3, 0.4) is 0 Å². The van der Waals surface area contributed by atoms with E-state index in [1.807, 2.05) is 63.2 Å². The highest BCUT2D eigenvalue weighted by atomic mass is 16.6. The predicted octanol–water partition coefficient (Wildman–Crippen LogP) is 4.66. The van der Waals surface area contributed by atoms with E-state index in [9.17, 15) is 14.7 Å². The molecule has 254 valence electrons. The molecular formula is C35H50N2O9. The number of hydrogen-bond acceptors (Lipinski definition) is 9. The SMILES string of the molecule is COCCCN1C(=O)COc2ccc(CO[C@H]3CN(C(=O)OC(C)(C)C)CC[C@]3(O)c3ccc(COC[C@@H](C)COC)cc3)cc21. The van der Waals surface area contributed by atoms with Crippen molar-refractivity contribution in [1.82, 2.24) is 4.90 Å². The summed E-state index contributed by atoms with van der Waals surface area (Å²) in [5, 5.41) is 12.2. The summed E-state index contributed by atoms with van der Waals surface area (Å²) in [5.41, 5.74) is 1.16. The zero-order chi connectivity index (χ0) is 33.3. The third-order valence-corrected chi connectivity index (χ3v) is 8.06. The topological polar surface area (TPSA) is 116 Å². The van der Waals surface area contributed by atoms with Gasteiger partial charge in [-0.05, 0) is 56.0 Å². The van der Waals surface area contributed by atoms with Gasteiger partial charge >= 0.3 is 6.09 Å². The van der Waals surface area contributed by atoms with Gasteiger partial charge in [-0.1, -0.05) is 37.3 Å². The minimum Gasteiger partial charge on any atom is -0.482 e. The Bertz CT molecular complexity index is 1300. The van der Waals surface area contributed by atoms with Crippen molar-refractivity contribution in [2.75, 3.05) is 65.2 Å². The summed E-state index contributed by atoms with van der Waals surface area (Å²) < 4.78 is 34.0. The number of hydrogen-bond donors (Lipinski definition) is 1. The van der Waals surface area contributed by atoms with Crippen LogP contribution in [0.2, 0.25) is 0 Å². The first kappa shape index (κ1) is 35.6. The summed E-state index contributed by atoms with van der Waals surface area (Å²) in [4.78, 5) is 29.0. The highest BCUT2D eigenvalue weighted by Crippen LogP contribution is 2.38. The zero-order valence-electron chi connectivity index (χ0n) is 28.1. The Morgan fingerprint density at radius 2 is 1.80 bits per heavy atom. The second kappa shape index (κ2) is 16.1. The normalized spacial score (nSPS) is 20.7. The van der Waals surface area contributed by atoms with Crippen molar-refractivity contribution in [3.05, 3.63) is 59.2 Å². The van der Waals surface area contributed by atoms with Crippen LogP contribution in [0.25, 0.3) is 0 Å². The molecule has 2 aliphatic heterocycles. The van der Waals surface area contributed by atoms with Crippen LogP contribution in [0, 0.1) is 5.92 Å². The molecule has 0 aromatic heterocycles. The van der Waals surface area contributed by atoms with Crippen LogP contribution < -0.4 is 9.64 Å². The van der Waals surface area contributed by atoms with Crippen LogP contribution in [-0.4, -0.2) is 94.0 Å². The number of carbonyl (C=O) groups is 2. The fourth-order valence-electron chi connectivity index (χ4n) is 5.67. The van der Waals surface area contributed by atoms with Gasteiger partial charge in [0.2, 0.25) is 0 Å². The summed E-state index contributed by atoms with van der Waals surface area (Å²) in [6.07, 6.45) is -0.247. The molecular weight excluding hydrogens is 592 g/mol. The number of nitrogens with zero attached hydrogens (tertiary/aromatic N) is 2. The third-order valence-electron chi connectivity index (χ3n) is 8.06. The van der Waals surface area contributed by atoms with Crippen molar-refractivity contribution in [2.45, 2.75) is 71.1 Å². The third kappa shape index (κ3) is 9.42. The van der Waals surface area contributed by atoms with Crippen LogP contribution in [0.5, 0.6) is 5.75 Å². The van der Waals surface area contributed by atoms with Crippen molar-refractivity contribution in [3.63, 3.8) is 0 Å². The monoisotopic (exact) mass is 642 g/mol. The lowest BCUT2D eigenvalue weighted by molar-refractivity contribution is -0.154. The second-order valence-corrected chi connectivity index (χ2v) is 13.2. The van der Waals surface area contributed by atoms with Crippen LogP contribution in [0.15, 0.2) is 42.5 Å². The molecule has 0 unspecified atom stereocenters. The number of ether oxygens (including phenoxy) is 6. The zero-order valence-corrected chi connectivity index (χ0v) is 28.1. The number of amides is 2. The molecule has 2 heterocycles. The number of fused-ring (bicyclic) bond motifs is 1. The van der Waals surface area contributed by atoms with Crippen LogP contribution in [-0.2, 0) is 47.3 Å². The molecule has 0 radical (unpaired) electrons. The van der Waals surface area contributed by atoms with Crippen molar-refractivity contribution < 1.29 is 43.1 Å². The molecule has 46 heavy (non-hydrogen) atoms. The average Bonchev–Trinajstić information content (AvgIpc) is 3.01. The number of anilines is 1. The molecule has 2 aromatic carbocycles. The number of rotatable bonds is 14. The molecule has 3 atom stereocenters. The molecule has 11 heteroatoms. The first-order valence-corrected chi connectivity index (χ1v) is 16.0. The van der Waals surface area contributed by atoms with Gasteiger partial charge < -0.3 is 43.3 Å². The van der Waals surface area contributed by atoms with Crippen LogP contribution in [0.4, 0.5) is 10.5 Å². The van der Waals surface area contributed by atoms with Crippen molar-refractivity contribution in [1.29, 1.82) is 0 Å². The van der Waals surface area contributed by atoms with E-state index in [4.69, 9.17) is 28.4 Å². The molecule has 2 aromatic rings. The summed E-state index contributed by atoms with van der Waals surface area (Å²) >= 11 is 0. The molecule has 11 nitrogen and oxygen atoms in total. The highest BCUT2D eigenvalue weighted by molar-refractivity contribution is 5.97. The van der Waals surface area contributed by atoms with E-state index in [1.165, 1.54) is 0 Å². The van der Waals surface area contributed by atoms with Gasteiger partial charge in [-0.25, -0.2) is 4.79 Å². The lowest BCUT2D eigenvalue weighted by Gasteiger charge is -2.44. The molecule has 1 fully saturated rings. The fourth-order valence-corrected chi connectivity index (χ4v) is 5.67. The molecule has 1 N–H and O–H groups in total. The van der Waals surface area contributed by atoms with Gasteiger partial charge in [0.25, 0.3) is 5.91 Å². The van der Waals surface area contributed by atoms with Gasteiger partial charge in [-0.3, -0.25) is 4.79 Å². The maximum Gasteiger partial charge on any atom is 0.410 e. The Labute approximate surface area is 272 Å². The lowest BCUT2D eigenvalue weighted by Crippen LogP contribution is -2.56. The van der Waals surface area contributed by atoms with E-state index in [0.717, 1.165) is 11.1 Å². The van der Waals surface area contributed by atoms with E-state index in [1.54, 1.807) is 24.0 Å². The molecule has 0 spiro atoms. The molecule has 4 rings (SSSR count). The quantitative estimate of drug-likeness (QED) is 0.294. The van der Waals surface area contributed by atoms with E-state index < -0.39 is 23.4 Å². The molecule has 2 amide bonds. The first-order valence-electron chi connectivity index (χ1n) is 16.0.